The molecule has 2 heterocycles. The van der Waals surface area contributed by atoms with E-state index in [9.17, 15) is 10.2 Å². The first-order valence-electron chi connectivity index (χ1n) is 15.9. The van der Waals surface area contributed by atoms with Crippen LogP contribution in [-0.2, 0) is 9.53 Å². The van der Waals surface area contributed by atoms with Crippen LogP contribution in [0.15, 0.2) is 12.7 Å². The Balaban J connectivity index is 0.000000723. The van der Waals surface area contributed by atoms with E-state index in [0.717, 1.165) is 68.9 Å². The highest BCUT2D eigenvalue weighted by Gasteiger charge is 2.66. The van der Waals surface area contributed by atoms with Crippen molar-refractivity contribution in [3.8, 4) is 0 Å². The molecule has 2 aliphatic heterocycles. The quantitative estimate of drug-likeness (QED) is 0.416. The number of carboxylic acid groups (broad SMARTS) is 1. The number of aliphatic carboxylic acids is 1. The first-order valence-corrected chi connectivity index (χ1v) is 15.9. The van der Waals surface area contributed by atoms with Crippen LogP contribution in [0.2, 0.25) is 0 Å². The molecule has 2 N–H and O–H groups in total. The van der Waals surface area contributed by atoms with Gasteiger partial charge < -0.3 is 29.3 Å². The van der Waals surface area contributed by atoms with Crippen LogP contribution in [0.1, 0.15) is 78.6 Å². The molecule has 0 aromatic heterocycles. The third-order valence-electron chi connectivity index (χ3n) is 12.8. The fraction of sp³-hybridized carbons (Fsp3) is 0.906. The van der Waals surface area contributed by atoms with Gasteiger partial charge in [-0.3, -0.25) is 4.90 Å². The third kappa shape index (κ3) is 5.13. The van der Waals surface area contributed by atoms with E-state index < -0.39 is 5.97 Å². The summed E-state index contributed by atoms with van der Waals surface area (Å²) in [6, 6.07) is 0.684. The summed E-state index contributed by atoms with van der Waals surface area (Å²) in [6.07, 6.45) is 12.7. The highest BCUT2D eigenvalue weighted by atomic mass is 16.5. The number of aliphatic hydroxyl groups excluding tert-OH is 2. The standard InChI is InChI=1S/C30H51N2O3.C2H4O2/c1-4-13-32(14-5-6-15-32)26-19-24-22-8-7-21-18-27(33)25(31-11-16-35-17-12-31)20-30(21,3)23(22)9-10-29(24,2)28(26)34;1-2(3)4/h4,21-28,33-34H,1,5-20H2,2-3H3;1H3,(H,3,4)/q+1;/p-1/t21-,22+,23-,24-,25-,26-,27-,28-,29-,30-;/m0./s1. The molecule has 7 heteroatoms. The number of carbonyl (C=O) groups excluding carboxylic acids is 1. The summed E-state index contributed by atoms with van der Waals surface area (Å²) < 4.78 is 6.73. The molecule has 6 rings (SSSR count). The van der Waals surface area contributed by atoms with Gasteiger partial charge in [0.25, 0.3) is 0 Å². The van der Waals surface area contributed by atoms with Gasteiger partial charge in [0, 0.05) is 49.8 Å². The van der Waals surface area contributed by atoms with Crippen molar-refractivity contribution in [1.82, 2.24) is 4.90 Å². The minimum atomic E-state index is -1.08. The fourth-order valence-electron chi connectivity index (χ4n) is 10.9. The lowest BCUT2D eigenvalue weighted by Gasteiger charge is -2.62. The molecule has 0 amide bonds. The van der Waals surface area contributed by atoms with Crippen LogP contribution in [0.5, 0.6) is 0 Å². The Kier molecular flexibility index (Phi) is 8.59. The molecule has 6 fully saturated rings. The van der Waals surface area contributed by atoms with Crippen molar-refractivity contribution < 1.29 is 29.3 Å². The molecule has 0 unspecified atom stereocenters. The minimum Gasteiger partial charge on any atom is -0.550 e. The number of aliphatic hydroxyl groups is 2. The van der Waals surface area contributed by atoms with Crippen molar-refractivity contribution in [3.63, 3.8) is 0 Å². The molecule has 6 aliphatic rings. The molecule has 0 aromatic carbocycles. The number of morpholine rings is 1. The van der Waals surface area contributed by atoms with E-state index in [4.69, 9.17) is 14.6 Å². The molecule has 4 aliphatic carbocycles. The largest absolute Gasteiger partial charge is 0.550 e. The van der Waals surface area contributed by atoms with E-state index in [1.165, 1.54) is 58.0 Å². The van der Waals surface area contributed by atoms with Crippen LogP contribution in [0.25, 0.3) is 0 Å². The zero-order valence-corrected chi connectivity index (χ0v) is 24.7. The van der Waals surface area contributed by atoms with Gasteiger partial charge in [0.2, 0.25) is 0 Å². The van der Waals surface area contributed by atoms with E-state index in [2.05, 4.69) is 31.4 Å². The van der Waals surface area contributed by atoms with Crippen molar-refractivity contribution in [3.05, 3.63) is 12.7 Å². The molecule has 222 valence electrons. The van der Waals surface area contributed by atoms with Crippen molar-refractivity contribution in [2.24, 2.45) is 34.5 Å². The number of rotatable bonds is 4. The Labute approximate surface area is 236 Å². The molecule has 10 atom stereocenters. The topological polar surface area (TPSA) is 93.1 Å². The van der Waals surface area contributed by atoms with Crippen LogP contribution in [0, 0.1) is 34.5 Å². The number of hydrogen-bond donors (Lipinski definition) is 2. The maximum absolute atomic E-state index is 11.9. The molecule has 4 saturated carbocycles. The predicted octanol–water partition coefficient (Wildman–Crippen LogP) is 2.59. The Bertz CT molecular complexity index is 882. The van der Waals surface area contributed by atoms with Crippen LogP contribution in [0.3, 0.4) is 0 Å². The molecular weight excluding hydrogens is 492 g/mol. The Morgan fingerprint density at radius 2 is 1.74 bits per heavy atom. The van der Waals surface area contributed by atoms with Crippen molar-refractivity contribution >= 4 is 5.97 Å². The second-order valence-corrected chi connectivity index (χ2v) is 14.5. The number of carboxylic acids is 1. The van der Waals surface area contributed by atoms with E-state index in [0.29, 0.717) is 29.3 Å². The van der Waals surface area contributed by atoms with Crippen LogP contribution in [-0.4, -0.2) is 95.8 Å². The molecule has 39 heavy (non-hydrogen) atoms. The number of ether oxygens (including phenoxy) is 1. The number of quaternary nitrogens is 1. The third-order valence-corrected chi connectivity index (χ3v) is 12.8. The number of hydrogen-bond acceptors (Lipinski definition) is 6. The SMILES string of the molecule is C=CC[N+]1([C@H]2C[C@H]3[C@@H]4CC[C@H]5C[C@H](O)[C@@H](N6CCOCC6)C[C@]5(C)[C@H]4CC[C@]3(C)[C@H]2O)CCCC1.CC(=O)[O-]. The Hall–Kier alpha value is -0.990. The van der Waals surface area contributed by atoms with Crippen LogP contribution in [0.4, 0.5) is 0 Å². The molecule has 0 radical (unpaired) electrons. The monoisotopic (exact) mass is 546 g/mol. The Morgan fingerprint density at radius 1 is 1.08 bits per heavy atom. The van der Waals surface area contributed by atoms with Gasteiger partial charge in [0.15, 0.2) is 0 Å². The Morgan fingerprint density at radius 3 is 2.38 bits per heavy atom. The van der Waals surface area contributed by atoms with Gasteiger partial charge >= 0.3 is 0 Å². The lowest BCUT2D eigenvalue weighted by Crippen LogP contribution is -2.61. The summed E-state index contributed by atoms with van der Waals surface area (Å²) in [5, 5.41) is 32.0. The lowest BCUT2D eigenvalue weighted by atomic mass is 9.44. The van der Waals surface area contributed by atoms with Gasteiger partial charge in [-0.2, -0.15) is 0 Å². The van der Waals surface area contributed by atoms with Crippen molar-refractivity contribution in [2.45, 2.75) is 103 Å². The van der Waals surface area contributed by atoms with Gasteiger partial charge in [-0.05, 0) is 80.6 Å². The summed E-state index contributed by atoms with van der Waals surface area (Å²) in [5.41, 5.74) is 0.387. The van der Waals surface area contributed by atoms with Gasteiger partial charge in [0.05, 0.1) is 39.0 Å². The van der Waals surface area contributed by atoms with Gasteiger partial charge in [0.1, 0.15) is 12.1 Å². The number of nitrogens with zero attached hydrogens (tertiary/aromatic N) is 2. The second-order valence-electron chi connectivity index (χ2n) is 14.5. The van der Waals surface area contributed by atoms with Crippen molar-refractivity contribution in [2.75, 3.05) is 45.9 Å². The first kappa shape index (κ1) is 29.5. The summed E-state index contributed by atoms with van der Waals surface area (Å²) in [6.45, 7) is 17.2. The molecule has 2 saturated heterocycles. The van der Waals surface area contributed by atoms with E-state index in [1.54, 1.807) is 0 Å². The van der Waals surface area contributed by atoms with Crippen LogP contribution < -0.4 is 5.11 Å². The number of fused-ring (bicyclic) bond motifs is 5. The normalized spacial score (nSPS) is 47.2. The van der Waals surface area contributed by atoms with Gasteiger partial charge in [-0.1, -0.05) is 20.4 Å². The predicted molar refractivity (Wildman–Crippen MR) is 149 cm³/mol. The minimum absolute atomic E-state index is 0.0713. The van der Waals surface area contributed by atoms with Crippen LogP contribution >= 0.6 is 0 Å². The van der Waals surface area contributed by atoms with Crippen molar-refractivity contribution in [1.29, 1.82) is 0 Å². The fourth-order valence-corrected chi connectivity index (χ4v) is 10.9. The number of likely N-dealkylation sites (tertiary alicyclic amines) is 1. The van der Waals surface area contributed by atoms with Gasteiger partial charge in [-0.15, -0.1) is 0 Å². The molecule has 0 aromatic rings. The molecule has 7 nitrogen and oxygen atoms in total. The van der Waals surface area contributed by atoms with E-state index in [1.807, 2.05) is 0 Å². The maximum atomic E-state index is 11.9. The second kappa shape index (κ2) is 11.4. The summed E-state index contributed by atoms with van der Waals surface area (Å²) in [5.74, 6) is 1.70. The lowest BCUT2D eigenvalue weighted by molar-refractivity contribution is -0.938. The smallest absolute Gasteiger partial charge is 0.116 e. The zero-order chi connectivity index (χ0) is 28.0. The molecule has 0 spiro atoms. The number of carbonyl (C=O) groups is 1. The summed E-state index contributed by atoms with van der Waals surface area (Å²) >= 11 is 0. The maximum Gasteiger partial charge on any atom is 0.116 e. The first-order chi connectivity index (χ1) is 18.6. The van der Waals surface area contributed by atoms with E-state index in [-0.39, 0.29) is 17.6 Å². The molecular formula is C32H54N2O5. The average molecular weight is 547 g/mol. The van der Waals surface area contributed by atoms with E-state index >= 15 is 0 Å². The summed E-state index contributed by atoms with van der Waals surface area (Å²) in [7, 11) is 0. The van der Waals surface area contributed by atoms with Gasteiger partial charge in [-0.25, -0.2) is 0 Å². The average Bonchev–Trinajstić information content (AvgIpc) is 3.47. The highest BCUT2D eigenvalue weighted by Crippen LogP contribution is 2.67. The highest BCUT2D eigenvalue weighted by molar-refractivity contribution is 5.60. The summed E-state index contributed by atoms with van der Waals surface area (Å²) in [4.78, 5) is 11.4. The molecule has 0 bridgehead atoms. The zero-order valence-electron chi connectivity index (χ0n) is 24.7.